The molecule has 98 valence electrons. The van der Waals surface area contributed by atoms with Crippen molar-refractivity contribution in [2.24, 2.45) is 0 Å². The first-order chi connectivity index (χ1) is 9.22. The van der Waals surface area contributed by atoms with Crippen LogP contribution in [-0.4, -0.2) is 17.0 Å². The Labute approximate surface area is 116 Å². The van der Waals surface area contributed by atoms with Crippen LogP contribution in [0.4, 0.5) is 16.3 Å². The maximum absolute atomic E-state index is 11.6. The number of hydrogen-bond donors (Lipinski definition) is 0. The first-order valence-electron chi connectivity index (χ1n) is 5.86. The zero-order chi connectivity index (χ0) is 13.7. The number of ether oxygens (including phenoxy) is 1. The molecule has 1 aromatic carbocycles. The largest absolute Gasteiger partial charge is 0.494 e. The van der Waals surface area contributed by atoms with Crippen LogP contribution in [0.2, 0.25) is 0 Å². The summed E-state index contributed by atoms with van der Waals surface area (Å²) in [6.45, 7) is 2.51. The van der Waals surface area contributed by atoms with Gasteiger partial charge in [-0.25, -0.2) is 4.98 Å². The average molecular weight is 277 g/mol. The highest BCUT2D eigenvalue weighted by atomic mass is 35.5. The normalized spacial score (nSPS) is 10.0. The first kappa shape index (κ1) is 13.4. The van der Waals surface area contributed by atoms with Crippen LogP contribution in [0.3, 0.4) is 0 Å². The monoisotopic (exact) mass is 276 g/mol. The summed E-state index contributed by atoms with van der Waals surface area (Å²) in [5.41, 5.74) is 0.641. The van der Waals surface area contributed by atoms with E-state index in [0.29, 0.717) is 18.1 Å². The molecule has 1 amide bonds. The lowest BCUT2D eigenvalue weighted by atomic mass is 10.2. The highest BCUT2D eigenvalue weighted by molar-refractivity contribution is 6.66. The molecule has 0 N–H and O–H groups in total. The van der Waals surface area contributed by atoms with Gasteiger partial charge in [-0.1, -0.05) is 6.07 Å². The third kappa shape index (κ3) is 3.23. The molecule has 0 atom stereocenters. The van der Waals surface area contributed by atoms with E-state index < -0.39 is 5.37 Å². The number of anilines is 2. The fourth-order valence-electron chi connectivity index (χ4n) is 1.67. The number of nitrogens with zero attached hydrogens (tertiary/aromatic N) is 2. The van der Waals surface area contributed by atoms with Gasteiger partial charge < -0.3 is 4.74 Å². The fraction of sp³-hybridized carbons (Fsp3) is 0.143. The zero-order valence-electron chi connectivity index (χ0n) is 10.4. The van der Waals surface area contributed by atoms with Crippen LogP contribution in [0.1, 0.15) is 6.92 Å². The van der Waals surface area contributed by atoms with Crippen LogP contribution in [0.5, 0.6) is 5.75 Å². The quantitative estimate of drug-likeness (QED) is 0.627. The minimum atomic E-state index is -0.608. The summed E-state index contributed by atoms with van der Waals surface area (Å²) in [5.74, 6) is 1.22. The van der Waals surface area contributed by atoms with Crippen molar-refractivity contribution in [1.29, 1.82) is 0 Å². The highest BCUT2D eigenvalue weighted by Gasteiger charge is 2.16. The highest BCUT2D eigenvalue weighted by Crippen LogP contribution is 2.27. The molecule has 2 rings (SSSR count). The molecule has 0 saturated heterocycles. The summed E-state index contributed by atoms with van der Waals surface area (Å²) in [5, 5.41) is -0.608. The summed E-state index contributed by atoms with van der Waals surface area (Å²) in [4.78, 5) is 17.0. The zero-order valence-corrected chi connectivity index (χ0v) is 11.2. The molecule has 0 bridgehead atoms. The number of benzene rings is 1. The standard InChI is InChI=1S/C14H13ClN2O2/c1-2-19-12-8-6-11(7-9-12)17(14(15)18)13-5-3-4-10-16-13/h3-10H,2H2,1H3. The molecule has 2 aromatic rings. The van der Waals surface area contributed by atoms with E-state index in [9.17, 15) is 4.79 Å². The van der Waals surface area contributed by atoms with E-state index in [-0.39, 0.29) is 0 Å². The minimum Gasteiger partial charge on any atom is -0.494 e. The molecule has 0 fully saturated rings. The fourth-order valence-corrected chi connectivity index (χ4v) is 1.85. The Balaban J connectivity index is 2.32. The lowest BCUT2D eigenvalue weighted by molar-refractivity contribution is 0.266. The van der Waals surface area contributed by atoms with Gasteiger partial charge in [-0.3, -0.25) is 9.69 Å². The van der Waals surface area contributed by atoms with Crippen LogP contribution in [0.15, 0.2) is 48.7 Å². The van der Waals surface area contributed by atoms with Gasteiger partial charge in [0.2, 0.25) is 0 Å². The second-order valence-electron chi connectivity index (χ2n) is 3.70. The van der Waals surface area contributed by atoms with E-state index >= 15 is 0 Å². The number of amides is 1. The Morgan fingerprint density at radius 2 is 2.00 bits per heavy atom. The molecule has 0 saturated carbocycles. The predicted molar refractivity (Wildman–Crippen MR) is 75.2 cm³/mol. The summed E-state index contributed by atoms with van der Waals surface area (Å²) < 4.78 is 5.35. The Kier molecular flexibility index (Phi) is 4.36. The van der Waals surface area contributed by atoms with Crippen molar-refractivity contribution >= 4 is 28.5 Å². The Morgan fingerprint density at radius 1 is 1.26 bits per heavy atom. The molecular formula is C14H13ClN2O2. The van der Waals surface area contributed by atoms with Gasteiger partial charge in [-0.05, 0) is 54.9 Å². The second-order valence-corrected chi connectivity index (χ2v) is 4.03. The predicted octanol–water partition coefficient (Wildman–Crippen LogP) is 3.98. The topological polar surface area (TPSA) is 42.4 Å². The second kappa shape index (κ2) is 6.20. The number of halogens is 1. The lowest BCUT2D eigenvalue weighted by Crippen LogP contribution is -2.20. The molecule has 1 heterocycles. The number of carbonyl (C=O) groups is 1. The van der Waals surface area contributed by atoms with Crippen molar-refractivity contribution in [1.82, 2.24) is 4.98 Å². The van der Waals surface area contributed by atoms with Crippen LogP contribution < -0.4 is 9.64 Å². The van der Waals surface area contributed by atoms with Crippen molar-refractivity contribution in [3.8, 4) is 5.75 Å². The molecule has 0 aliphatic carbocycles. The minimum absolute atomic E-state index is 0.478. The van der Waals surface area contributed by atoms with Crippen molar-refractivity contribution < 1.29 is 9.53 Å². The van der Waals surface area contributed by atoms with Gasteiger partial charge in [0, 0.05) is 6.20 Å². The molecule has 0 aliphatic rings. The summed E-state index contributed by atoms with van der Waals surface area (Å²) >= 11 is 5.63. The SMILES string of the molecule is CCOc1ccc(N(C(=O)Cl)c2ccccn2)cc1. The molecule has 5 heteroatoms. The Morgan fingerprint density at radius 3 is 2.53 bits per heavy atom. The Bertz CT molecular complexity index is 543. The molecular weight excluding hydrogens is 264 g/mol. The molecule has 1 aromatic heterocycles. The van der Waals surface area contributed by atoms with E-state index in [1.165, 1.54) is 4.90 Å². The van der Waals surface area contributed by atoms with Crippen LogP contribution in [0.25, 0.3) is 0 Å². The van der Waals surface area contributed by atoms with Gasteiger partial charge in [-0.2, -0.15) is 0 Å². The van der Waals surface area contributed by atoms with Crippen molar-refractivity contribution in [3.63, 3.8) is 0 Å². The molecule has 0 radical (unpaired) electrons. The van der Waals surface area contributed by atoms with Crippen molar-refractivity contribution in [2.75, 3.05) is 11.5 Å². The van der Waals surface area contributed by atoms with E-state index in [1.807, 2.05) is 6.92 Å². The number of aromatic nitrogens is 1. The molecule has 19 heavy (non-hydrogen) atoms. The van der Waals surface area contributed by atoms with Gasteiger partial charge in [0.05, 0.1) is 12.3 Å². The van der Waals surface area contributed by atoms with Gasteiger partial charge in [0.25, 0.3) is 0 Å². The van der Waals surface area contributed by atoms with Gasteiger partial charge >= 0.3 is 5.37 Å². The lowest BCUT2D eigenvalue weighted by Gasteiger charge is -2.18. The molecule has 4 nitrogen and oxygen atoms in total. The molecule has 0 aliphatic heterocycles. The van der Waals surface area contributed by atoms with Crippen LogP contribution in [-0.2, 0) is 0 Å². The summed E-state index contributed by atoms with van der Waals surface area (Å²) in [7, 11) is 0. The van der Waals surface area contributed by atoms with E-state index in [1.54, 1.807) is 48.7 Å². The maximum Gasteiger partial charge on any atom is 0.326 e. The molecule has 0 spiro atoms. The third-order valence-electron chi connectivity index (χ3n) is 2.46. The van der Waals surface area contributed by atoms with E-state index in [0.717, 1.165) is 5.75 Å². The van der Waals surface area contributed by atoms with E-state index in [2.05, 4.69) is 4.98 Å². The average Bonchev–Trinajstić information content (AvgIpc) is 2.42. The maximum atomic E-state index is 11.6. The first-order valence-corrected chi connectivity index (χ1v) is 6.23. The van der Waals surface area contributed by atoms with Crippen molar-refractivity contribution in [2.45, 2.75) is 6.92 Å². The number of rotatable bonds is 4. The van der Waals surface area contributed by atoms with Crippen LogP contribution in [0, 0.1) is 0 Å². The summed E-state index contributed by atoms with van der Waals surface area (Å²) in [6.07, 6.45) is 1.61. The number of pyridine rings is 1. The van der Waals surface area contributed by atoms with Crippen LogP contribution >= 0.6 is 11.6 Å². The van der Waals surface area contributed by atoms with Crippen molar-refractivity contribution in [3.05, 3.63) is 48.7 Å². The van der Waals surface area contributed by atoms with E-state index in [4.69, 9.17) is 16.3 Å². The molecule has 0 unspecified atom stereocenters. The smallest absolute Gasteiger partial charge is 0.326 e. The summed E-state index contributed by atoms with van der Waals surface area (Å²) in [6, 6.07) is 12.4. The van der Waals surface area contributed by atoms with Gasteiger partial charge in [-0.15, -0.1) is 0 Å². The number of carbonyl (C=O) groups excluding carboxylic acids is 1. The third-order valence-corrected chi connectivity index (χ3v) is 2.63. The number of hydrogen-bond acceptors (Lipinski definition) is 3. The Hall–Kier alpha value is -2.07. The van der Waals surface area contributed by atoms with Gasteiger partial charge in [0.15, 0.2) is 0 Å². The van der Waals surface area contributed by atoms with Gasteiger partial charge in [0.1, 0.15) is 11.6 Å².